The summed E-state index contributed by atoms with van der Waals surface area (Å²) in [4.78, 5) is 13.9. The first-order valence-electron chi connectivity index (χ1n) is 6.58. The summed E-state index contributed by atoms with van der Waals surface area (Å²) in [5, 5.41) is 10.6. The van der Waals surface area contributed by atoms with Crippen molar-refractivity contribution < 1.29 is 9.90 Å². The first-order chi connectivity index (χ1) is 10.1. The fourth-order valence-electron chi connectivity index (χ4n) is 2.64. The minimum absolute atomic E-state index is 0.175. The van der Waals surface area contributed by atoms with E-state index in [-0.39, 0.29) is 11.9 Å². The van der Waals surface area contributed by atoms with Crippen LogP contribution in [0.5, 0.6) is 0 Å². The Bertz CT molecular complexity index is 674. The molecule has 0 radical (unpaired) electrons. The van der Waals surface area contributed by atoms with Crippen molar-refractivity contribution in [3.05, 3.63) is 63.6 Å². The van der Waals surface area contributed by atoms with Gasteiger partial charge in [-0.1, -0.05) is 39.7 Å². The van der Waals surface area contributed by atoms with Crippen molar-refractivity contribution in [2.24, 2.45) is 0 Å². The van der Waals surface area contributed by atoms with E-state index in [1.807, 2.05) is 24.3 Å². The molecule has 5 heteroatoms. The zero-order valence-electron chi connectivity index (χ0n) is 11.0. The molecule has 1 heterocycles. The molecule has 1 N–H and O–H groups in total. The number of aliphatic hydroxyl groups is 1. The Morgan fingerprint density at radius 3 is 2.57 bits per heavy atom. The molecule has 1 saturated heterocycles. The van der Waals surface area contributed by atoms with Crippen molar-refractivity contribution in [1.82, 2.24) is 0 Å². The van der Waals surface area contributed by atoms with Crippen LogP contribution in [0.3, 0.4) is 0 Å². The van der Waals surface area contributed by atoms with Crippen LogP contribution in [0.15, 0.2) is 53.0 Å². The summed E-state index contributed by atoms with van der Waals surface area (Å²) >= 11 is 9.34. The maximum absolute atomic E-state index is 12.3. The number of nitrogens with zero attached hydrogens (tertiary/aromatic N) is 1. The molecule has 0 aliphatic carbocycles. The van der Waals surface area contributed by atoms with Crippen LogP contribution < -0.4 is 4.90 Å². The zero-order valence-corrected chi connectivity index (χ0v) is 13.4. The third-order valence-corrected chi connectivity index (χ3v) is 4.36. The molecule has 3 rings (SSSR count). The SMILES string of the molecule is O=C1C(O)CC(c2cccc(Br)c2)N1c1ccc(Cl)cc1. The van der Waals surface area contributed by atoms with E-state index in [9.17, 15) is 9.90 Å². The average molecular weight is 367 g/mol. The molecule has 2 unspecified atom stereocenters. The number of rotatable bonds is 2. The Morgan fingerprint density at radius 2 is 1.90 bits per heavy atom. The molecule has 0 bridgehead atoms. The lowest BCUT2D eigenvalue weighted by molar-refractivity contribution is -0.124. The molecule has 2 atom stereocenters. The summed E-state index contributed by atoms with van der Waals surface area (Å²) in [5.74, 6) is -0.276. The highest BCUT2D eigenvalue weighted by molar-refractivity contribution is 9.10. The number of amides is 1. The summed E-state index contributed by atoms with van der Waals surface area (Å²) in [6, 6.07) is 14.7. The van der Waals surface area contributed by atoms with E-state index in [4.69, 9.17) is 11.6 Å². The van der Waals surface area contributed by atoms with Crippen molar-refractivity contribution in [1.29, 1.82) is 0 Å². The van der Waals surface area contributed by atoms with E-state index in [0.29, 0.717) is 11.4 Å². The number of hydrogen-bond acceptors (Lipinski definition) is 2. The van der Waals surface area contributed by atoms with Gasteiger partial charge in [0.25, 0.3) is 5.91 Å². The maximum Gasteiger partial charge on any atom is 0.256 e. The van der Waals surface area contributed by atoms with Crippen molar-refractivity contribution >= 4 is 39.1 Å². The minimum Gasteiger partial charge on any atom is -0.383 e. The Labute approximate surface area is 136 Å². The number of hydrogen-bond donors (Lipinski definition) is 1. The standard InChI is InChI=1S/C16H13BrClNO2/c17-11-3-1-2-10(8-11)14-9-15(20)16(21)19(14)13-6-4-12(18)5-7-13/h1-8,14-15,20H,9H2. The van der Waals surface area contributed by atoms with Crippen molar-refractivity contribution in [3.63, 3.8) is 0 Å². The van der Waals surface area contributed by atoms with Gasteiger partial charge in [0.1, 0.15) is 6.10 Å². The Hall–Kier alpha value is -1.36. The normalized spacial score (nSPS) is 21.9. The predicted molar refractivity (Wildman–Crippen MR) is 86.4 cm³/mol. The number of anilines is 1. The van der Waals surface area contributed by atoms with Crippen LogP contribution in [0.2, 0.25) is 5.02 Å². The summed E-state index contributed by atoms with van der Waals surface area (Å²) in [7, 11) is 0. The zero-order chi connectivity index (χ0) is 15.0. The van der Waals surface area contributed by atoms with E-state index >= 15 is 0 Å². The molecule has 108 valence electrons. The van der Waals surface area contributed by atoms with Gasteiger partial charge >= 0.3 is 0 Å². The summed E-state index contributed by atoms with van der Waals surface area (Å²) in [6.07, 6.45) is -0.581. The van der Waals surface area contributed by atoms with Crippen LogP contribution in [0.25, 0.3) is 0 Å². The molecule has 1 amide bonds. The summed E-state index contributed by atoms with van der Waals surface area (Å²) in [6.45, 7) is 0. The topological polar surface area (TPSA) is 40.5 Å². The first kappa shape index (κ1) is 14.6. The Morgan fingerprint density at radius 1 is 1.19 bits per heavy atom. The first-order valence-corrected chi connectivity index (χ1v) is 7.75. The van der Waals surface area contributed by atoms with Crippen LogP contribution in [0, 0.1) is 0 Å². The largest absolute Gasteiger partial charge is 0.383 e. The highest BCUT2D eigenvalue weighted by atomic mass is 79.9. The van der Waals surface area contributed by atoms with Crippen LogP contribution in [-0.2, 0) is 4.79 Å². The number of halogens is 2. The third-order valence-electron chi connectivity index (χ3n) is 3.62. The fourth-order valence-corrected chi connectivity index (χ4v) is 3.18. The van der Waals surface area contributed by atoms with Crippen LogP contribution in [0.1, 0.15) is 18.0 Å². The van der Waals surface area contributed by atoms with Crippen molar-refractivity contribution in [3.8, 4) is 0 Å². The van der Waals surface area contributed by atoms with Gasteiger partial charge in [0.05, 0.1) is 6.04 Å². The number of carbonyl (C=O) groups excluding carboxylic acids is 1. The third kappa shape index (κ3) is 2.84. The Kier molecular flexibility index (Phi) is 4.02. The number of aliphatic hydroxyl groups excluding tert-OH is 1. The minimum atomic E-state index is -0.968. The van der Waals surface area contributed by atoms with E-state index in [1.54, 1.807) is 29.2 Å². The van der Waals surface area contributed by atoms with Gasteiger partial charge in [0.2, 0.25) is 0 Å². The quantitative estimate of drug-likeness (QED) is 0.874. The summed E-state index contributed by atoms with van der Waals surface area (Å²) < 4.78 is 0.949. The van der Waals surface area contributed by atoms with E-state index in [2.05, 4.69) is 15.9 Å². The average Bonchev–Trinajstić information content (AvgIpc) is 2.76. The van der Waals surface area contributed by atoms with E-state index in [1.165, 1.54) is 0 Å². The lowest BCUT2D eigenvalue weighted by atomic mass is 10.0. The smallest absolute Gasteiger partial charge is 0.256 e. The molecule has 1 aliphatic rings. The van der Waals surface area contributed by atoms with Gasteiger partial charge in [-0.05, 0) is 42.0 Å². The molecular formula is C16H13BrClNO2. The molecule has 0 saturated carbocycles. The van der Waals surface area contributed by atoms with Gasteiger partial charge < -0.3 is 10.0 Å². The molecule has 1 fully saturated rings. The molecule has 21 heavy (non-hydrogen) atoms. The molecule has 0 aromatic heterocycles. The van der Waals surface area contributed by atoms with Gasteiger partial charge in [-0.15, -0.1) is 0 Å². The van der Waals surface area contributed by atoms with Crippen molar-refractivity contribution in [2.45, 2.75) is 18.6 Å². The molecule has 3 nitrogen and oxygen atoms in total. The maximum atomic E-state index is 12.3. The monoisotopic (exact) mass is 365 g/mol. The molecular weight excluding hydrogens is 354 g/mol. The van der Waals surface area contributed by atoms with Crippen LogP contribution in [0.4, 0.5) is 5.69 Å². The summed E-state index contributed by atoms with van der Waals surface area (Å²) in [5.41, 5.74) is 1.73. The van der Waals surface area contributed by atoms with Gasteiger partial charge in [-0.2, -0.15) is 0 Å². The lowest BCUT2D eigenvalue weighted by Crippen LogP contribution is -2.30. The molecule has 2 aromatic carbocycles. The number of carbonyl (C=O) groups is 1. The molecule has 2 aromatic rings. The predicted octanol–water partition coefficient (Wildman–Crippen LogP) is 3.94. The lowest BCUT2D eigenvalue weighted by Gasteiger charge is -2.25. The molecule has 1 aliphatic heterocycles. The second-order valence-corrected chi connectivity index (χ2v) is 6.36. The van der Waals surface area contributed by atoms with Crippen LogP contribution in [-0.4, -0.2) is 17.1 Å². The van der Waals surface area contributed by atoms with Gasteiger partial charge in [0.15, 0.2) is 0 Å². The second-order valence-electron chi connectivity index (χ2n) is 5.01. The van der Waals surface area contributed by atoms with Crippen LogP contribution >= 0.6 is 27.5 Å². The highest BCUT2D eigenvalue weighted by Gasteiger charge is 2.40. The van der Waals surface area contributed by atoms with Gasteiger partial charge in [-0.25, -0.2) is 0 Å². The van der Waals surface area contributed by atoms with Crippen molar-refractivity contribution in [2.75, 3.05) is 4.90 Å². The van der Waals surface area contributed by atoms with E-state index in [0.717, 1.165) is 15.7 Å². The molecule has 0 spiro atoms. The fraction of sp³-hybridized carbons (Fsp3) is 0.188. The van der Waals surface area contributed by atoms with E-state index < -0.39 is 6.10 Å². The van der Waals surface area contributed by atoms with Gasteiger partial charge in [0, 0.05) is 21.6 Å². The Balaban J connectivity index is 2.02. The highest BCUT2D eigenvalue weighted by Crippen LogP contribution is 2.38. The second kappa shape index (κ2) is 5.79. The number of benzene rings is 2. The van der Waals surface area contributed by atoms with Gasteiger partial charge in [-0.3, -0.25) is 4.79 Å².